The van der Waals surface area contributed by atoms with Crippen LogP contribution in [0.1, 0.15) is 53.6 Å². The molecule has 27 heavy (non-hydrogen) atoms. The number of aryl methyl sites for hydroxylation is 2. The molecule has 0 spiro atoms. The van der Waals surface area contributed by atoms with E-state index >= 15 is 0 Å². The van der Waals surface area contributed by atoms with E-state index in [0.29, 0.717) is 30.1 Å². The second kappa shape index (κ2) is 8.65. The lowest BCUT2D eigenvalue weighted by molar-refractivity contribution is 0.0632. The first-order valence-corrected chi connectivity index (χ1v) is 9.68. The molecular weight excluding hydrogens is 345 g/mol. The number of aromatic nitrogens is 1. The van der Waals surface area contributed by atoms with Gasteiger partial charge >= 0.3 is 0 Å². The SMILES string of the molecule is Cc1noc(C(C)C)c1C(=O)N1CCN(CCCc2cccc(F)c2)CC1. The van der Waals surface area contributed by atoms with Crippen LogP contribution in [-0.4, -0.2) is 53.6 Å². The second-order valence-corrected chi connectivity index (χ2v) is 7.53. The van der Waals surface area contributed by atoms with Crippen LogP contribution in [0.2, 0.25) is 0 Å². The minimum absolute atomic E-state index is 0.0249. The fraction of sp³-hybridized carbons (Fsp3) is 0.524. The van der Waals surface area contributed by atoms with E-state index < -0.39 is 0 Å². The van der Waals surface area contributed by atoms with Crippen LogP contribution < -0.4 is 0 Å². The Balaban J connectivity index is 1.49. The Morgan fingerprint density at radius 3 is 2.67 bits per heavy atom. The van der Waals surface area contributed by atoms with Crippen LogP contribution >= 0.6 is 0 Å². The summed E-state index contributed by atoms with van der Waals surface area (Å²) in [6.45, 7) is 9.93. The molecule has 6 heteroatoms. The summed E-state index contributed by atoms with van der Waals surface area (Å²) in [4.78, 5) is 17.2. The monoisotopic (exact) mass is 373 g/mol. The lowest BCUT2D eigenvalue weighted by atomic mass is 10.0. The van der Waals surface area contributed by atoms with Gasteiger partial charge in [0.25, 0.3) is 5.91 Å². The van der Waals surface area contributed by atoms with Gasteiger partial charge in [0.2, 0.25) is 0 Å². The van der Waals surface area contributed by atoms with Crippen molar-refractivity contribution in [1.82, 2.24) is 15.0 Å². The smallest absolute Gasteiger partial charge is 0.259 e. The molecule has 1 aliphatic rings. The number of nitrogens with zero attached hydrogens (tertiary/aromatic N) is 3. The van der Waals surface area contributed by atoms with Crippen molar-refractivity contribution >= 4 is 5.91 Å². The largest absolute Gasteiger partial charge is 0.360 e. The Morgan fingerprint density at radius 2 is 2.00 bits per heavy atom. The van der Waals surface area contributed by atoms with Crippen molar-refractivity contribution in [1.29, 1.82) is 0 Å². The van der Waals surface area contributed by atoms with Crippen LogP contribution in [-0.2, 0) is 6.42 Å². The molecule has 5 nitrogen and oxygen atoms in total. The summed E-state index contributed by atoms with van der Waals surface area (Å²) in [7, 11) is 0. The zero-order chi connectivity index (χ0) is 19.4. The van der Waals surface area contributed by atoms with Crippen LogP contribution in [0.15, 0.2) is 28.8 Å². The number of rotatable bonds is 6. The molecule has 3 rings (SSSR count). The van der Waals surface area contributed by atoms with E-state index in [9.17, 15) is 9.18 Å². The molecule has 0 unspecified atom stereocenters. The number of hydrogen-bond donors (Lipinski definition) is 0. The number of halogens is 1. The summed E-state index contributed by atoms with van der Waals surface area (Å²) in [5, 5.41) is 3.98. The van der Waals surface area contributed by atoms with E-state index in [-0.39, 0.29) is 17.6 Å². The quantitative estimate of drug-likeness (QED) is 0.776. The van der Waals surface area contributed by atoms with Gasteiger partial charge < -0.3 is 9.42 Å². The van der Waals surface area contributed by atoms with Crippen LogP contribution in [0.4, 0.5) is 4.39 Å². The Morgan fingerprint density at radius 1 is 1.26 bits per heavy atom. The molecule has 0 atom stereocenters. The third-order valence-electron chi connectivity index (χ3n) is 5.12. The summed E-state index contributed by atoms with van der Waals surface area (Å²) in [5.74, 6) is 0.658. The van der Waals surface area contributed by atoms with Crippen LogP contribution in [0.5, 0.6) is 0 Å². The van der Waals surface area contributed by atoms with Crippen molar-refractivity contribution in [3.63, 3.8) is 0 Å². The van der Waals surface area contributed by atoms with Gasteiger partial charge in [-0.1, -0.05) is 31.1 Å². The summed E-state index contributed by atoms with van der Waals surface area (Å²) < 4.78 is 18.6. The highest BCUT2D eigenvalue weighted by atomic mass is 19.1. The number of piperazine rings is 1. The van der Waals surface area contributed by atoms with E-state index in [1.54, 1.807) is 12.1 Å². The van der Waals surface area contributed by atoms with Gasteiger partial charge in [0.1, 0.15) is 11.4 Å². The molecule has 1 aliphatic heterocycles. The number of amides is 1. The standard InChI is InChI=1S/C21H28FN3O2/c1-15(2)20-19(16(3)23-27-20)21(26)25-12-10-24(11-13-25)9-5-7-17-6-4-8-18(22)14-17/h4,6,8,14-15H,5,7,9-13H2,1-3H3. The minimum atomic E-state index is -0.176. The van der Waals surface area contributed by atoms with Gasteiger partial charge in [-0.25, -0.2) is 4.39 Å². The zero-order valence-electron chi connectivity index (χ0n) is 16.4. The fourth-order valence-corrected chi connectivity index (χ4v) is 3.57. The average Bonchev–Trinajstić information content (AvgIpc) is 3.03. The maximum atomic E-state index is 13.2. The molecule has 2 heterocycles. The molecule has 1 aromatic heterocycles. The third kappa shape index (κ3) is 4.75. The maximum Gasteiger partial charge on any atom is 0.259 e. The first-order chi connectivity index (χ1) is 13.0. The van der Waals surface area contributed by atoms with Crippen molar-refractivity contribution in [2.45, 2.75) is 39.5 Å². The predicted octanol–water partition coefficient (Wildman–Crippen LogP) is 3.64. The minimum Gasteiger partial charge on any atom is -0.360 e. The Hall–Kier alpha value is -2.21. The third-order valence-corrected chi connectivity index (χ3v) is 5.12. The first kappa shape index (κ1) is 19.5. The molecule has 0 bridgehead atoms. The van der Waals surface area contributed by atoms with Gasteiger partial charge in [0.05, 0.1) is 5.69 Å². The van der Waals surface area contributed by atoms with Crippen molar-refractivity contribution in [3.05, 3.63) is 52.7 Å². The summed E-state index contributed by atoms with van der Waals surface area (Å²) in [6.07, 6.45) is 1.86. The number of benzene rings is 1. The predicted molar refractivity (Wildman–Crippen MR) is 102 cm³/mol. The zero-order valence-corrected chi connectivity index (χ0v) is 16.4. The van der Waals surface area contributed by atoms with E-state index in [4.69, 9.17) is 4.52 Å². The Kier molecular flexibility index (Phi) is 6.26. The molecule has 1 amide bonds. The summed E-state index contributed by atoms with van der Waals surface area (Å²) in [6, 6.07) is 6.80. The molecule has 146 valence electrons. The molecular formula is C21H28FN3O2. The van der Waals surface area contributed by atoms with E-state index in [1.165, 1.54) is 6.07 Å². The van der Waals surface area contributed by atoms with Crippen molar-refractivity contribution in [2.75, 3.05) is 32.7 Å². The van der Waals surface area contributed by atoms with Gasteiger partial charge in [-0.2, -0.15) is 0 Å². The van der Waals surface area contributed by atoms with Gasteiger partial charge in [0.15, 0.2) is 5.76 Å². The van der Waals surface area contributed by atoms with Gasteiger partial charge in [-0.05, 0) is 44.0 Å². The van der Waals surface area contributed by atoms with E-state index in [0.717, 1.165) is 38.0 Å². The molecule has 0 radical (unpaired) electrons. The average molecular weight is 373 g/mol. The highest BCUT2D eigenvalue weighted by Crippen LogP contribution is 2.24. The van der Waals surface area contributed by atoms with Crippen molar-refractivity contribution in [2.24, 2.45) is 0 Å². The van der Waals surface area contributed by atoms with E-state index in [1.807, 2.05) is 31.7 Å². The fourth-order valence-electron chi connectivity index (χ4n) is 3.57. The maximum absolute atomic E-state index is 13.2. The second-order valence-electron chi connectivity index (χ2n) is 7.53. The highest BCUT2D eigenvalue weighted by molar-refractivity contribution is 5.96. The summed E-state index contributed by atoms with van der Waals surface area (Å²) in [5.41, 5.74) is 2.33. The van der Waals surface area contributed by atoms with Crippen molar-refractivity contribution in [3.8, 4) is 0 Å². The Bertz CT molecular complexity index is 779. The molecule has 1 fully saturated rings. The number of hydrogen-bond acceptors (Lipinski definition) is 4. The van der Waals surface area contributed by atoms with Gasteiger partial charge in [-0.3, -0.25) is 9.69 Å². The lowest BCUT2D eigenvalue weighted by Gasteiger charge is -2.34. The number of carbonyl (C=O) groups excluding carboxylic acids is 1. The summed E-state index contributed by atoms with van der Waals surface area (Å²) >= 11 is 0. The lowest BCUT2D eigenvalue weighted by Crippen LogP contribution is -2.49. The molecule has 0 aliphatic carbocycles. The van der Waals surface area contributed by atoms with Crippen molar-refractivity contribution < 1.29 is 13.7 Å². The van der Waals surface area contributed by atoms with Gasteiger partial charge in [0, 0.05) is 32.1 Å². The topological polar surface area (TPSA) is 49.6 Å². The molecule has 1 saturated heterocycles. The van der Waals surface area contributed by atoms with Crippen LogP contribution in [0.3, 0.4) is 0 Å². The molecule has 0 saturated carbocycles. The molecule has 2 aromatic rings. The van der Waals surface area contributed by atoms with E-state index in [2.05, 4.69) is 10.1 Å². The number of carbonyl (C=O) groups is 1. The van der Waals surface area contributed by atoms with Crippen LogP contribution in [0, 0.1) is 12.7 Å². The van der Waals surface area contributed by atoms with Gasteiger partial charge in [-0.15, -0.1) is 0 Å². The van der Waals surface area contributed by atoms with Crippen LogP contribution in [0.25, 0.3) is 0 Å². The first-order valence-electron chi connectivity index (χ1n) is 9.68. The Labute approximate surface area is 160 Å². The highest BCUT2D eigenvalue weighted by Gasteiger charge is 2.28. The molecule has 1 aromatic carbocycles. The normalized spacial score (nSPS) is 15.5. The molecule has 0 N–H and O–H groups in total.